The van der Waals surface area contributed by atoms with Gasteiger partial charge >= 0.3 is 0 Å². The third-order valence-corrected chi connectivity index (χ3v) is 4.69. The van der Waals surface area contributed by atoms with Crippen molar-refractivity contribution in [2.24, 2.45) is 0 Å². The zero-order valence-electron chi connectivity index (χ0n) is 14.9. The van der Waals surface area contributed by atoms with Gasteiger partial charge in [0, 0.05) is 12.5 Å². The molecule has 1 atom stereocenters. The summed E-state index contributed by atoms with van der Waals surface area (Å²) in [5.74, 6) is 1.19. The highest BCUT2D eigenvalue weighted by Crippen LogP contribution is 2.31. The highest BCUT2D eigenvalue weighted by Gasteiger charge is 2.27. The summed E-state index contributed by atoms with van der Waals surface area (Å²) >= 11 is 0. The van der Waals surface area contributed by atoms with Gasteiger partial charge in [0.1, 0.15) is 6.61 Å². The van der Waals surface area contributed by atoms with Crippen molar-refractivity contribution in [1.29, 1.82) is 0 Å². The van der Waals surface area contributed by atoms with Crippen LogP contribution < -0.4 is 14.8 Å². The molecule has 1 heterocycles. The number of hydrogen-bond acceptors (Lipinski definition) is 3. The Morgan fingerprint density at radius 2 is 1.41 bits per heavy atom. The Balaban J connectivity index is 1.46. The molecule has 0 radical (unpaired) electrons. The molecule has 0 spiro atoms. The minimum absolute atomic E-state index is 0.0770. The molecule has 3 aromatic carbocycles. The van der Waals surface area contributed by atoms with Gasteiger partial charge in [-0.2, -0.15) is 0 Å². The van der Waals surface area contributed by atoms with Crippen molar-refractivity contribution in [2.75, 3.05) is 13.2 Å². The van der Waals surface area contributed by atoms with Gasteiger partial charge in [0.2, 0.25) is 6.10 Å². The SMILES string of the molecule is O=C(NCC(c1ccccc1)c1ccccc1)[C@H]1COc2ccccc2O1. The minimum Gasteiger partial charge on any atom is -0.485 e. The highest BCUT2D eigenvalue weighted by atomic mass is 16.6. The number of carbonyl (C=O) groups is 1. The smallest absolute Gasteiger partial charge is 0.264 e. The number of benzene rings is 3. The van der Waals surface area contributed by atoms with Gasteiger partial charge in [-0.3, -0.25) is 4.79 Å². The number of ether oxygens (including phenoxy) is 2. The van der Waals surface area contributed by atoms with Gasteiger partial charge in [0.15, 0.2) is 11.5 Å². The van der Waals surface area contributed by atoms with Crippen LogP contribution in [0.3, 0.4) is 0 Å². The van der Waals surface area contributed by atoms with Crippen LogP contribution in [-0.2, 0) is 4.79 Å². The third kappa shape index (κ3) is 3.95. The molecule has 3 aromatic rings. The minimum atomic E-state index is -0.646. The molecule has 0 aliphatic carbocycles. The molecular weight excluding hydrogens is 338 g/mol. The molecular formula is C23H21NO3. The second-order valence-corrected chi connectivity index (χ2v) is 6.48. The number of carbonyl (C=O) groups excluding carboxylic acids is 1. The fraction of sp³-hybridized carbons (Fsp3) is 0.174. The zero-order chi connectivity index (χ0) is 18.5. The van der Waals surface area contributed by atoms with Gasteiger partial charge in [-0.15, -0.1) is 0 Å². The molecule has 4 nitrogen and oxygen atoms in total. The number of amides is 1. The van der Waals surface area contributed by atoms with E-state index in [4.69, 9.17) is 9.47 Å². The first-order valence-corrected chi connectivity index (χ1v) is 9.07. The Bertz CT molecular complexity index is 856. The van der Waals surface area contributed by atoms with Crippen LogP contribution in [0.5, 0.6) is 11.5 Å². The fourth-order valence-corrected chi connectivity index (χ4v) is 3.26. The lowest BCUT2D eigenvalue weighted by atomic mass is 9.91. The quantitative estimate of drug-likeness (QED) is 0.754. The van der Waals surface area contributed by atoms with Crippen LogP contribution in [0.1, 0.15) is 17.0 Å². The van der Waals surface area contributed by atoms with Gasteiger partial charge in [0.25, 0.3) is 5.91 Å². The Morgan fingerprint density at radius 3 is 2.04 bits per heavy atom. The number of nitrogens with one attached hydrogen (secondary N) is 1. The second-order valence-electron chi connectivity index (χ2n) is 6.48. The van der Waals surface area contributed by atoms with Crippen molar-refractivity contribution in [3.63, 3.8) is 0 Å². The number of hydrogen-bond donors (Lipinski definition) is 1. The summed E-state index contributed by atoms with van der Waals surface area (Å²) in [5, 5.41) is 3.04. The average molecular weight is 359 g/mol. The number of fused-ring (bicyclic) bond motifs is 1. The van der Waals surface area contributed by atoms with E-state index >= 15 is 0 Å². The highest BCUT2D eigenvalue weighted by molar-refractivity contribution is 5.81. The van der Waals surface area contributed by atoms with E-state index in [0.29, 0.717) is 18.0 Å². The fourth-order valence-electron chi connectivity index (χ4n) is 3.26. The van der Waals surface area contributed by atoms with Crippen LogP contribution in [-0.4, -0.2) is 25.2 Å². The van der Waals surface area contributed by atoms with Crippen LogP contribution in [0, 0.1) is 0 Å². The number of rotatable bonds is 5. The van der Waals surface area contributed by atoms with Gasteiger partial charge in [-0.1, -0.05) is 72.8 Å². The standard InChI is InChI=1S/C23H21NO3/c25-23(22-16-26-20-13-7-8-14-21(20)27-22)24-15-19(17-9-3-1-4-10-17)18-11-5-2-6-12-18/h1-14,19,22H,15-16H2,(H,24,25)/t22-/m1/s1. The molecule has 1 amide bonds. The van der Waals surface area contributed by atoms with Crippen molar-refractivity contribution in [3.05, 3.63) is 96.1 Å². The van der Waals surface area contributed by atoms with E-state index in [1.165, 1.54) is 0 Å². The third-order valence-electron chi connectivity index (χ3n) is 4.69. The summed E-state index contributed by atoms with van der Waals surface area (Å²) < 4.78 is 11.4. The molecule has 0 fully saturated rings. The van der Waals surface area contributed by atoms with Crippen LogP contribution in [0.15, 0.2) is 84.9 Å². The first-order chi connectivity index (χ1) is 13.3. The first-order valence-electron chi connectivity index (χ1n) is 9.07. The predicted molar refractivity (Wildman–Crippen MR) is 104 cm³/mol. The monoisotopic (exact) mass is 359 g/mol. The van der Waals surface area contributed by atoms with Crippen LogP contribution in [0.25, 0.3) is 0 Å². The normalized spacial score (nSPS) is 15.4. The molecule has 0 aromatic heterocycles. The molecule has 0 unspecified atom stereocenters. The first kappa shape index (κ1) is 17.2. The Hall–Kier alpha value is -3.27. The van der Waals surface area contributed by atoms with E-state index in [0.717, 1.165) is 11.1 Å². The van der Waals surface area contributed by atoms with E-state index in [2.05, 4.69) is 29.6 Å². The van der Waals surface area contributed by atoms with Crippen molar-refractivity contribution in [2.45, 2.75) is 12.0 Å². The average Bonchev–Trinajstić information content (AvgIpc) is 2.75. The van der Waals surface area contributed by atoms with Crippen LogP contribution in [0.4, 0.5) is 0 Å². The van der Waals surface area contributed by atoms with Gasteiger partial charge < -0.3 is 14.8 Å². The molecule has 4 rings (SSSR count). The molecule has 1 aliphatic heterocycles. The molecule has 4 heteroatoms. The molecule has 0 saturated heterocycles. The van der Waals surface area contributed by atoms with Crippen molar-refractivity contribution in [3.8, 4) is 11.5 Å². The largest absolute Gasteiger partial charge is 0.485 e. The van der Waals surface area contributed by atoms with Crippen LogP contribution in [0.2, 0.25) is 0 Å². The molecule has 0 bridgehead atoms. The van der Waals surface area contributed by atoms with Gasteiger partial charge in [-0.05, 0) is 23.3 Å². The lowest BCUT2D eigenvalue weighted by Crippen LogP contribution is -2.45. The molecule has 0 saturated carbocycles. The van der Waals surface area contributed by atoms with E-state index < -0.39 is 6.10 Å². The maximum absolute atomic E-state index is 12.7. The van der Waals surface area contributed by atoms with E-state index in [-0.39, 0.29) is 18.4 Å². The lowest BCUT2D eigenvalue weighted by Gasteiger charge is -2.26. The summed E-state index contributed by atoms with van der Waals surface area (Å²) in [7, 11) is 0. The summed E-state index contributed by atoms with van der Waals surface area (Å²) in [6.07, 6.45) is -0.646. The van der Waals surface area contributed by atoms with E-state index in [1.54, 1.807) is 0 Å². The molecule has 1 aliphatic rings. The summed E-state index contributed by atoms with van der Waals surface area (Å²) in [6, 6.07) is 27.8. The van der Waals surface area contributed by atoms with Crippen molar-refractivity contribution >= 4 is 5.91 Å². The Labute approximate surface area is 158 Å². The zero-order valence-corrected chi connectivity index (χ0v) is 14.9. The van der Waals surface area contributed by atoms with Crippen molar-refractivity contribution in [1.82, 2.24) is 5.32 Å². The van der Waals surface area contributed by atoms with Gasteiger partial charge in [0.05, 0.1) is 0 Å². The van der Waals surface area contributed by atoms with E-state index in [1.807, 2.05) is 60.7 Å². The van der Waals surface area contributed by atoms with E-state index in [9.17, 15) is 4.79 Å². The summed E-state index contributed by atoms with van der Waals surface area (Å²) in [5.41, 5.74) is 2.32. The lowest BCUT2D eigenvalue weighted by molar-refractivity contribution is -0.130. The van der Waals surface area contributed by atoms with Gasteiger partial charge in [-0.25, -0.2) is 0 Å². The maximum Gasteiger partial charge on any atom is 0.264 e. The summed E-state index contributed by atoms with van der Waals surface area (Å²) in [6.45, 7) is 0.707. The molecule has 136 valence electrons. The topological polar surface area (TPSA) is 47.6 Å². The predicted octanol–water partition coefficient (Wildman–Crippen LogP) is 3.77. The van der Waals surface area contributed by atoms with Crippen LogP contribution >= 0.6 is 0 Å². The molecule has 27 heavy (non-hydrogen) atoms. The maximum atomic E-state index is 12.7. The summed E-state index contributed by atoms with van der Waals surface area (Å²) in [4.78, 5) is 12.7. The van der Waals surface area contributed by atoms with Crippen molar-refractivity contribution < 1.29 is 14.3 Å². The Morgan fingerprint density at radius 1 is 0.852 bits per heavy atom. The molecule has 1 N–H and O–H groups in total. The number of para-hydroxylation sites is 2. The Kier molecular flexibility index (Phi) is 5.06. The second kappa shape index (κ2) is 7.96.